The van der Waals surface area contributed by atoms with E-state index in [-0.39, 0.29) is 37.2 Å². The minimum absolute atomic E-state index is 0.0648. The summed E-state index contributed by atoms with van der Waals surface area (Å²) in [6.45, 7) is 7.28. The molecule has 11 N–H and O–H groups in total. The van der Waals surface area contributed by atoms with Crippen molar-refractivity contribution in [3.63, 3.8) is 0 Å². The first-order valence-electron chi connectivity index (χ1n) is 12.3. The predicted octanol–water partition coefficient (Wildman–Crippen LogP) is -1.43. The summed E-state index contributed by atoms with van der Waals surface area (Å²) in [5.41, 5.74) is 17.2. The number of aliphatic carboxylic acids is 1. The van der Waals surface area contributed by atoms with Crippen molar-refractivity contribution in [1.29, 1.82) is 0 Å². The number of aliphatic imine (C=N–C) groups is 1. The van der Waals surface area contributed by atoms with Gasteiger partial charge in [-0.25, -0.2) is 9.78 Å². The van der Waals surface area contributed by atoms with E-state index in [1.165, 1.54) is 12.5 Å². The number of amides is 3. The second-order valence-corrected chi connectivity index (χ2v) is 9.33. The summed E-state index contributed by atoms with van der Waals surface area (Å²) in [6, 6.07) is -4.16. The Bertz CT molecular complexity index is 916. The van der Waals surface area contributed by atoms with Crippen LogP contribution in [0.1, 0.15) is 52.7 Å². The lowest BCUT2D eigenvalue weighted by atomic mass is 9.98. The van der Waals surface area contributed by atoms with Crippen molar-refractivity contribution in [3.8, 4) is 0 Å². The second-order valence-electron chi connectivity index (χ2n) is 9.33. The summed E-state index contributed by atoms with van der Waals surface area (Å²) in [6.07, 6.45) is 3.98. The molecule has 1 heterocycles. The van der Waals surface area contributed by atoms with Crippen LogP contribution < -0.4 is 33.2 Å². The maximum atomic E-state index is 13.3. The third-order valence-corrected chi connectivity index (χ3v) is 5.99. The molecule has 0 saturated carbocycles. The Balaban J connectivity index is 3.13. The Labute approximate surface area is 216 Å². The molecule has 1 rings (SSSR count). The van der Waals surface area contributed by atoms with Crippen LogP contribution in [0.3, 0.4) is 0 Å². The number of hydrogen-bond acceptors (Lipinski definition) is 7. The SMILES string of the molecule is CCC(C)C(NC(=O)C(CCCN=C(N)N)NC(=O)C(Cc1cnc[nH]1)NC(=O)C(N)C(C)C)C(=O)O. The lowest BCUT2D eigenvalue weighted by Gasteiger charge is -2.26. The van der Waals surface area contributed by atoms with Crippen molar-refractivity contribution in [2.45, 2.75) is 77.5 Å². The van der Waals surface area contributed by atoms with Crippen LogP contribution in [0, 0.1) is 11.8 Å². The van der Waals surface area contributed by atoms with Crippen molar-refractivity contribution < 1.29 is 24.3 Å². The van der Waals surface area contributed by atoms with Crippen LogP contribution in [-0.4, -0.2) is 75.4 Å². The van der Waals surface area contributed by atoms with Gasteiger partial charge >= 0.3 is 5.97 Å². The van der Waals surface area contributed by atoms with Gasteiger partial charge in [-0.05, 0) is 24.7 Å². The highest BCUT2D eigenvalue weighted by Gasteiger charge is 2.32. The highest BCUT2D eigenvalue weighted by molar-refractivity contribution is 5.94. The zero-order valence-electron chi connectivity index (χ0n) is 21.9. The van der Waals surface area contributed by atoms with Crippen molar-refractivity contribution in [2.75, 3.05) is 6.54 Å². The smallest absolute Gasteiger partial charge is 0.326 e. The number of nitrogens with zero attached hydrogens (tertiary/aromatic N) is 2. The molecule has 5 atom stereocenters. The summed E-state index contributed by atoms with van der Waals surface area (Å²) < 4.78 is 0. The molecular weight excluding hydrogens is 482 g/mol. The number of H-pyrrole nitrogens is 1. The maximum absolute atomic E-state index is 13.3. The molecule has 0 aliphatic rings. The third-order valence-electron chi connectivity index (χ3n) is 5.99. The fraction of sp³-hybridized carbons (Fsp3) is 0.652. The molecule has 0 aliphatic carbocycles. The molecule has 208 valence electrons. The summed E-state index contributed by atoms with van der Waals surface area (Å²) in [5.74, 6) is -3.64. The topological polar surface area (TPSA) is 244 Å². The number of nitrogens with one attached hydrogen (secondary N) is 4. The number of rotatable bonds is 16. The van der Waals surface area contributed by atoms with E-state index >= 15 is 0 Å². The molecule has 1 aromatic rings. The van der Waals surface area contributed by atoms with Crippen LogP contribution in [0.15, 0.2) is 17.5 Å². The molecule has 0 bridgehead atoms. The predicted molar refractivity (Wildman–Crippen MR) is 138 cm³/mol. The van der Waals surface area contributed by atoms with Gasteiger partial charge in [0, 0.05) is 24.9 Å². The first-order valence-corrected chi connectivity index (χ1v) is 12.3. The number of imidazole rings is 1. The first-order chi connectivity index (χ1) is 17.4. The zero-order valence-corrected chi connectivity index (χ0v) is 21.9. The number of carbonyl (C=O) groups is 4. The third kappa shape index (κ3) is 10.9. The van der Waals surface area contributed by atoms with Gasteiger partial charge in [-0.2, -0.15) is 0 Å². The minimum Gasteiger partial charge on any atom is -0.480 e. The van der Waals surface area contributed by atoms with Crippen LogP contribution in [0.5, 0.6) is 0 Å². The van der Waals surface area contributed by atoms with Gasteiger partial charge in [-0.15, -0.1) is 0 Å². The van der Waals surface area contributed by atoms with Crippen molar-refractivity contribution in [1.82, 2.24) is 25.9 Å². The minimum atomic E-state index is -1.18. The number of carbonyl (C=O) groups excluding carboxylic acids is 3. The molecule has 0 radical (unpaired) electrons. The molecule has 5 unspecified atom stereocenters. The van der Waals surface area contributed by atoms with Crippen LogP contribution in [0.25, 0.3) is 0 Å². The fourth-order valence-corrected chi connectivity index (χ4v) is 3.38. The van der Waals surface area contributed by atoms with Crippen LogP contribution in [0.2, 0.25) is 0 Å². The number of hydrogen-bond donors (Lipinski definition) is 8. The van der Waals surface area contributed by atoms with Gasteiger partial charge in [0.1, 0.15) is 18.1 Å². The van der Waals surface area contributed by atoms with E-state index in [4.69, 9.17) is 17.2 Å². The van der Waals surface area contributed by atoms with Crippen molar-refractivity contribution in [2.24, 2.45) is 34.0 Å². The van der Waals surface area contributed by atoms with Gasteiger partial charge in [-0.3, -0.25) is 19.4 Å². The van der Waals surface area contributed by atoms with E-state index in [1.807, 2.05) is 6.92 Å². The quantitative estimate of drug-likeness (QED) is 0.0718. The molecular formula is C23H41N9O5. The van der Waals surface area contributed by atoms with E-state index in [9.17, 15) is 24.3 Å². The molecule has 37 heavy (non-hydrogen) atoms. The van der Waals surface area contributed by atoms with E-state index in [0.29, 0.717) is 18.5 Å². The molecule has 14 nitrogen and oxygen atoms in total. The average Bonchev–Trinajstić information content (AvgIpc) is 3.35. The fourth-order valence-electron chi connectivity index (χ4n) is 3.38. The monoisotopic (exact) mass is 523 g/mol. The Morgan fingerprint density at radius 1 is 1.05 bits per heavy atom. The number of nitrogens with two attached hydrogens (primary N) is 3. The number of guanidine groups is 1. The normalized spacial score (nSPS) is 15.1. The second kappa shape index (κ2) is 15.4. The lowest BCUT2D eigenvalue weighted by molar-refractivity contribution is -0.144. The highest BCUT2D eigenvalue weighted by Crippen LogP contribution is 2.10. The van der Waals surface area contributed by atoms with Gasteiger partial charge in [-0.1, -0.05) is 34.1 Å². The Morgan fingerprint density at radius 3 is 2.19 bits per heavy atom. The molecule has 0 aliphatic heterocycles. The molecule has 0 spiro atoms. The zero-order chi connectivity index (χ0) is 28.1. The van der Waals surface area contributed by atoms with Gasteiger partial charge < -0.3 is 43.2 Å². The summed E-state index contributed by atoms with van der Waals surface area (Å²) >= 11 is 0. The maximum Gasteiger partial charge on any atom is 0.326 e. The van der Waals surface area contributed by atoms with Gasteiger partial charge in [0.25, 0.3) is 0 Å². The molecule has 1 aromatic heterocycles. The highest BCUT2D eigenvalue weighted by atomic mass is 16.4. The molecule has 3 amide bonds. The van der Waals surface area contributed by atoms with Crippen LogP contribution in [-0.2, 0) is 25.6 Å². The van der Waals surface area contributed by atoms with Crippen molar-refractivity contribution >= 4 is 29.7 Å². The molecule has 14 heteroatoms. The van der Waals surface area contributed by atoms with Crippen molar-refractivity contribution in [3.05, 3.63) is 18.2 Å². The first kappa shape index (κ1) is 31.4. The Kier molecular flexibility index (Phi) is 13.1. The van der Waals surface area contributed by atoms with Gasteiger partial charge in [0.05, 0.1) is 12.4 Å². The van der Waals surface area contributed by atoms with E-state index in [0.717, 1.165) is 0 Å². The lowest BCUT2D eigenvalue weighted by Crippen LogP contribution is -2.58. The van der Waals surface area contributed by atoms with Gasteiger partial charge in [0.2, 0.25) is 17.7 Å². The number of aromatic amines is 1. The summed E-state index contributed by atoms with van der Waals surface area (Å²) in [4.78, 5) is 61.4. The average molecular weight is 524 g/mol. The van der Waals surface area contributed by atoms with Crippen LogP contribution >= 0.6 is 0 Å². The van der Waals surface area contributed by atoms with E-state index in [1.54, 1.807) is 20.8 Å². The Morgan fingerprint density at radius 2 is 1.68 bits per heavy atom. The number of carboxylic acids is 1. The summed E-state index contributed by atoms with van der Waals surface area (Å²) in [7, 11) is 0. The molecule has 0 fully saturated rings. The standard InChI is InChI=1S/C23H41N9O5/c1-5-13(4)18(22(36)37)32-19(33)15(7-6-8-28-23(25)26)30-20(34)16(9-14-10-27-11-29-14)31-21(35)17(24)12(2)3/h10-13,15-18H,5-9,24H2,1-4H3,(H,27,29)(H,30,34)(H,31,35)(H,32,33)(H,36,37)(H4,25,26,28). The van der Waals surface area contributed by atoms with E-state index < -0.39 is 47.9 Å². The number of carboxylic acid groups (broad SMARTS) is 1. The van der Waals surface area contributed by atoms with E-state index in [2.05, 4.69) is 30.9 Å². The molecule has 0 saturated heterocycles. The molecule has 0 aromatic carbocycles. The van der Waals surface area contributed by atoms with Gasteiger partial charge in [0.15, 0.2) is 5.96 Å². The number of aromatic nitrogens is 2. The Hall–Kier alpha value is -3.68. The summed E-state index contributed by atoms with van der Waals surface area (Å²) in [5, 5.41) is 17.4. The largest absolute Gasteiger partial charge is 0.480 e. The van der Waals surface area contributed by atoms with Crippen LogP contribution in [0.4, 0.5) is 0 Å².